The van der Waals surface area contributed by atoms with Gasteiger partial charge in [-0.25, -0.2) is 0 Å². The van der Waals surface area contributed by atoms with E-state index in [1.165, 1.54) is 5.56 Å². The van der Waals surface area contributed by atoms with Crippen LogP contribution in [0, 0.1) is 6.92 Å². The second kappa shape index (κ2) is 4.05. The zero-order chi connectivity index (χ0) is 9.14. The lowest BCUT2D eigenvalue weighted by Crippen LogP contribution is -1.95. The van der Waals surface area contributed by atoms with Gasteiger partial charge < -0.3 is 5.11 Å². The van der Waals surface area contributed by atoms with Crippen LogP contribution in [0.2, 0.25) is 0 Å². The molecule has 0 atom stereocenters. The first-order valence-corrected chi connectivity index (χ1v) is 5.17. The predicted molar refractivity (Wildman–Crippen MR) is 52.7 cm³/mol. The highest BCUT2D eigenvalue weighted by Crippen LogP contribution is 2.27. The van der Waals surface area contributed by atoms with Gasteiger partial charge in [0.2, 0.25) is 0 Å². The van der Waals surface area contributed by atoms with E-state index < -0.39 is 5.97 Å². The third kappa shape index (κ3) is 2.60. The summed E-state index contributed by atoms with van der Waals surface area (Å²) in [5.74, 6) is -0.739. The highest BCUT2D eigenvalue weighted by molar-refractivity contribution is 9.11. The summed E-state index contributed by atoms with van der Waals surface area (Å²) >= 11 is 5.00. The molecule has 0 saturated heterocycles. The molecule has 0 aromatic carbocycles. The largest absolute Gasteiger partial charge is 0.481 e. The maximum Gasteiger partial charge on any atom is 0.303 e. The summed E-state index contributed by atoms with van der Waals surface area (Å²) in [5.41, 5.74) is 1.18. The van der Waals surface area contributed by atoms with Crippen LogP contribution in [0.15, 0.2) is 9.85 Å². The van der Waals surface area contributed by atoms with Crippen LogP contribution in [-0.2, 0) is 11.2 Å². The Bertz CT molecular complexity index is 274. The first-order valence-electron chi connectivity index (χ1n) is 3.56. The van der Waals surface area contributed by atoms with Crippen LogP contribution in [-0.4, -0.2) is 11.1 Å². The Morgan fingerprint density at radius 2 is 2.42 bits per heavy atom. The molecule has 0 radical (unpaired) electrons. The van der Waals surface area contributed by atoms with Gasteiger partial charge >= 0.3 is 5.97 Å². The summed E-state index contributed by atoms with van der Waals surface area (Å²) in [6.07, 6.45) is 0.846. The summed E-state index contributed by atoms with van der Waals surface area (Å²) in [6.45, 7) is 2.00. The minimum Gasteiger partial charge on any atom is -0.481 e. The third-order valence-corrected chi connectivity index (χ3v) is 3.69. The van der Waals surface area contributed by atoms with Crippen LogP contribution in [0.5, 0.6) is 0 Å². The molecule has 1 aromatic rings. The molecular formula is C8H9BrO2S. The Kier molecular flexibility index (Phi) is 3.29. The van der Waals surface area contributed by atoms with Gasteiger partial charge in [0.25, 0.3) is 0 Å². The Morgan fingerprint density at radius 1 is 1.75 bits per heavy atom. The van der Waals surface area contributed by atoms with Crippen molar-refractivity contribution in [1.29, 1.82) is 0 Å². The SMILES string of the molecule is Cc1cc(CCC(=O)O)sc1Br. The average Bonchev–Trinajstić information content (AvgIpc) is 2.28. The van der Waals surface area contributed by atoms with E-state index >= 15 is 0 Å². The highest BCUT2D eigenvalue weighted by Gasteiger charge is 2.04. The molecule has 1 heterocycles. The normalized spacial score (nSPS) is 10.2. The Morgan fingerprint density at radius 3 is 2.83 bits per heavy atom. The van der Waals surface area contributed by atoms with Crippen LogP contribution < -0.4 is 0 Å². The monoisotopic (exact) mass is 248 g/mol. The molecule has 0 amide bonds. The first kappa shape index (κ1) is 9.74. The Labute approximate surface area is 83.4 Å². The number of carboxylic acid groups (broad SMARTS) is 1. The van der Waals surface area contributed by atoms with Crippen LogP contribution >= 0.6 is 27.3 Å². The summed E-state index contributed by atoms with van der Waals surface area (Å²) in [4.78, 5) is 11.4. The lowest BCUT2D eigenvalue weighted by molar-refractivity contribution is -0.136. The molecule has 4 heteroatoms. The van der Waals surface area contributed by atoms with Crippen molar-refractivity contribution in [1.82, 2.24) is 0 Å². The molecule has 0 spiro atoms. The van der Waals surface area contributed by atoms with Crippen molar-refractivity contribution in [3.63, 3.8) is 0 Å². The maximum absolute atomic E-state index is 10.3. The molecule has 2 nitrogen and oxygen atoms in total. The summed E-state index contributed by atoms with van der Waals surface area (Å²) in [5, 5.41) is 8.44. The van der Waals surface area contributed by atoms with Crippen molar-refractivity contribution >= 4 is 33.2 Å². The molecule has 0 aliphatic carbocycles. The van der Waals surface area contributed by atoms with Gasteiger partial charge in [-0.1, -0.05) is 0 Å². The lowest BCUT2D eigenvalue weighted by atomic mass is 10.2. The van der Waals surface area contributed by atoms with Gasteiger partial charge in [-0.2, -0.15) is 0 Å². The van der Waals surface area contributed by atoms with Crippen LogP contribution in [0.25, 0.3) is 0 Å². The molecular weight excluding hydrogens is 240 g/mol. The van der Waals surface area contributed by atoms with Gasteiger partial charge in [-0.3, -0.25) is 4.79 Å². The van der Waals surface area contributed by atoms with Crippen molar-refractivity contribution in [3.8, 4) is 0 Å². The van der Waals surface area contributed by atoms with E-state index in [0.717, 1.165) is 8.66 Å². The van der Waals surface area contributed by atoms with Crippen LogP contribution in [0.3, 0.4) is 0 Å². The second-order valence-corrected chi connectivity index (χ2v) is 5.02. The molecule has 1 rings (SSSR count). The van der Waals surface area contributed by atoms with E-state index in [-0.39, 0.29) is 6.42 Å². The summed E-state index contributed by atoms with van der Waals surface area (Å²) in [6, 6.07) is 2.03. The first-order chi connectivity index (χ1) is 5.59. The number of halogens is 1. The quantitative estimate of drug-likeness (QED) is 0.894. The predicted octanol–water partition coefficient (Wildman–Crippen LogP) is 2.84. The minimum atomic E-state index is -0.739. The molecule has 0 bridgehead atoms. The fourth-order valence-corrected chi connectivity index (χ4v) is 2.50. The molecule has 0 aliphatic rings. The number of thiophene rings is 1. The Balaban J connectivity index is 2.58. The van der Waals surface area contributed by atoms with E-state index in [4.69, 9.17) is 5.11 Å². The van der Waals surface area contributed by atoms with Crippen molar-refractivity contribution in [2.75, 3.05) is 0 Å². The van der Waals surface area contributed by atoms with E-state index in [1.54, 1.807) is 11.3 Å². The van der Waals surface area contributed by atoms with Crippen molar-refractivity contribution in [2.24, 2.45) is 0 Å². The smallest absolute Gasteiger partial charge is 0.303 e. The second-order valence-electron chi connectivity index (χ2n) is 2.56. The number of aryl methyl sites for hydroxylation is 2. The lowest BCUT2D eigenvalue weighted by Gasteiger charge is -1.90. The van der Waals surface area contributed by atoms with Crippen LogP contribution in [0.1, 0.15) is 16.9 Å². The number of rotatable bonds is 3. The van der Waals surface area contributed by atoms with Gasteiger partial charge in [-0.15, -0.1) is 11.3 Å². The van der Waals surface area contributed by atoms with Crippen molar-refractivity contribution in [3.05, 3.63) is 20.3 Å². The molecule has 12 heavy (non-hydrogen) atoms. The van der Waals surface area contributed by atoms with E-state index in [1.807, 2.05) is 13.0 Å². The molecule has 0 fully saturated rings. The zero-order valence-corrected chi connectivity index (χ0v) is 9.04. The van der Waals surface area contributed by atoms with Gasteiger partial charge in [0.1, 0.15) is 0 Å². The molecule has 0 unspecified atom stereocenters. The Hall–Kier alpha value is -0.350. The molecule has 66 valence electrons. The molecule has 0 saturated carbocycles. The zero-order valence-electron chi connectivity index (χ0n) is 6.63. The molecule has 1 aromatic heterocycles. The highest BCUT2D eigenvalue weighted by atomic mass is 79.9. The van der Waals surface area contributed by atoms with E-state index in [9.17, 15) is 4.79 Å². The summed E-state index contributed by atoms with van der Waals surface area (Å²) in [7, 11) is 0. The summed E-state index contributed by atoms with van der Waals surface area (Å²) < 4.78 is 1.10. The van der Waals surface area contributed by atoms with Crippen molar-refractivity contribution in [2.45, 2.75) is 19.8 Å². The van der Waals surface area contributed by atoms with Gasteiger partial charge in [0, 0.05) is 4.88 Å². The fourth-order valence-electron chi connectivity index (χ4n) is 0.877. The van der Waals surface area contributed by atoms with Gasteiger partial charge in [-0.05, 0) is 40.9 Å². The third-order valence-electron chi connectivity index (χ3n) is 1.49. The minimum absolute atomic E-state index is 0.215. The van der Waals surface area contributed by atoms with Crippen molar-refractivity contribution < 1.29 is 9.90 Å². The number of hydrogen-bond donors (Lipinski definition) is 1. The van der Waals surface area contributed by atoms with Crippen LogP contribution in [0.4, 0.5) is 0 Å². The van der Waals surface area contributed by atoms with Gasteiger partial charge in [0.15, 0.2) is 0 Å². The fraction of sp³-hybridized carbons (Fsp3) is 0.375. The van der Waals surface area contributed by atoms with E-state index in [0.29, 0.717) is 6.42 Å². The maximum atomic E-state index is 10.3. The number of hydrogen-bond acceptors (Lipinski definition) is 2. The van der Waals surface area contributed by atoms with E-state index in [2.05, 4.69) is 15.9 Å². The number of carboxylic acids is 1. The molecule has 1 N–H and O–H groups in total. The topological polar surface area (TPSA) is 37.3 Å². The van der Waals surface area contributed by atoms with Gasteiger partial charge in [0.05, 0.1) is 10.2 Å². The number of aliphatic carboxylic acids is 1. The standard InChI is InChI=1S/C8H9BrO2S/c1-5-4-6(12-8(5)9)2-3-7(10)11/h4H,2-3H2,1H3,(H,10,11). The number of carbonyl (C=O) groups is 1. The average molecular weight is 249 g/mol. The molecule has 0 aliphatic heterocycles.